The lowest BCUT2D eigenvalue weighted by atomic mass is 9.99. The van der Waals surface area contributed by atoms with Crippen molar-refractivity contribution in [2.45, 2.75) is 31.5 Å². The van der Waals surface area contributed by atoms with Crippen LogP contribution in [0.5, 0.6) is 11.5 Å². The predicted octanol–water partition coefficient (Wildman–Crippen LogP) is 3.03. The Morgan fingerprint density at radius 1 is 1.21 bits per heavy atom. The molecule has 106 valence electrons. The number of carbonyl (C=O) groups is 1. The largest absolute Gasteiger partial charge is 0.508 e. The van der Waals surface area contributed by atoms with E-state index in [0.29, 0.717) is 12.5 Å². The van der Waals surface area contributed by atoms with E-state index in [9.17, 15) is 15.0 Å². The first-order valence-electron chi connectivity index (χ1n) is 6.43. The monoisotopic (exact) mass is 329 g/mol. The number of aromatic hydroxyl groups is 2. The molecule has 0 aliphatic rings. The van der Waals surface area contributed by atoms with Gasteiger partial charge in [0.05, 0.1) is 0 Å². The van der Waals surface area contributed by atoms with Gasteiger partial charge in [0.1, 0.15) is 11.5 Å². The van der Waals surface area contributed by atoms with Crippen molar-refractivity contribution in [1.29, 1.82) is 0 Å². The molecule has 1 amide bonds. The lowest BCUT2D eigenvalue weighted by Gasteiger charge is -2.19. The van der Waals surface area contributed by atoms with Gasteiger partial charge in [-0.05, 0) is 18.1 Å². The Morgan fingerprint density at radius 3 is 2.21 bits per heavy atom. The van der Waals surface area contributed by atoms with Crippen LogP contribution in [0, 0.1) is 5.92 Å². The Bertz CT molecular complexity index is 412. The van der Waals surface area contributed by atoms with Crippen molar-refractivity contribution in [1.82, 2.24) is 5.32 Å². The fraction of sp³-hybridized carbons (Fsp3) is 0.500. The molecule has 0 aliphatic carbocycles. The highest BCUT2D eigenvalue weighted by atomic mass is 79.9. The summed E-state index contributed by atoms with van der Waals surface area (Å²) in [6.07, 6.45) is 2.10. The van der Waals surface area contributed by atoms with Crippen LogP contribution in [-0.4, -0.2) is 27.5 Å². The van der Waals surface area contributed by atoms with Gasteiger partial charge >= 0.3 is 0 Å². The zero-order valence-electron chi connectivity index (χ0n) is 11.2. The molecule has 0 aliphatic heterocycles. The van der Waals surface area contributed by atoms with Gasteiger partial charge in [0.15, 0.2) is 0 Å². The first-order valence-corrected chi connectivity index (χ1v) is 7.34. The minimum absolute atomic E-state index is 0.125. The molecule has 4 nitrogen and oxygen atoms in total. The standard InChI is InChI=1S/C14H20BrNO3/c1-3-9(4-2)13(15)8-16-14(19)10-5-11(17)7-12(18)6-10/h5-7,9,13,17-18H,3-4,8H2,1-2H3,(H,16,19). The van der Waals surface area contributed by atoms with E-state index in [-0.39, 0.29) is 27.8 Å². The van der Waals surface area contributed by atoms with Crippen LogP contribution in [0.3, 0.4) is 0 Å². The summed E-state index contributed by atoms with van der Waals surface area (Å²) in [4.78, 5) is 12.1. The van der Waals surface area contributed by atoms with Crippen molar-refractivity contribution in [3.8, 4) is 11.5 Å². The lowest BCUT2D eigenvalue weighted by molar-refractivity contribution is 0.0951. The summed E-state index contributed by atoms with van der Waals surface area (Å²) in [6.45, 7) is 4.76. The second-order valence-electron chi connectivity index (χ2n) is 4.54. The van der Waals surface area contributed by atoms with Gasteiger partial charge in [0.25, 0.3) is 5.91 Å². The Hall–Kier alpha value is -1.23. The molecular weight excluding hydrogens is 310 g/mol. The molecule has 1 rings (SSSR count). The van der Waals surface area contributed by atoms with E-state index in [0.717, 1.165) is 12.8 Å². The average molecular weight is 330 g/mol. The van der Waals surface area contributed by atoms with Crippen LogP contribution in [-0.2, 0) is 0 Å². The van der Waals surface area contributed by atoms with Gasteiger partial charge in [-0.1, -0.05) is 42.6 Å². The Labute approximate surface area is 122 Å². The van der Waals surface area contributed by atoms with Crippen LogP contribution in [0.25, 0.3) is 0 Å². The molecule has 0 bridgehead atoms. The Morgan fingerprint density at radius 2 is 1.74 bits per heavy atom. The zero-order valence-corrected chi connectivity index (χ0v) is 12.8. The summed E-state index contributed by atoms with van der Waals surface area (Å²) in [6, 6.07) is 3.85. The van der Waals surface area contributed by atoms with E-state index in [2.05, 4.69) is 35.1 Å². The van der Waals surface area contributed by atoms with E-state index in [1.165, 1.54) is 18.2 Å². The van der Waals surface area contributed by atoms with Crippen LogP contribution in [0.2, 0.25) is 0 Å². The van der Waals surface area contributed by atoms with Gasteiger partial charge in [-0.15, -0.1) is 0 Å². The van der Waals surface area contributed by atoms with Crippen molar-refractivity contribution in [3.05, 3.63) is 23.8 Å². The number of hydrogen-bond donors (Lipinski definition) is 3. The highest BCUT2D eigenvalue weighted by molar-refractivity contribution is 9.09. The predicted molar refractivity (Wildman–Crippen MR) is 78.9 cm³/mol. The van der Waals surface area contributed by atoms with Gasteiger partial charge in [-0.3, -0.25) is 4.79 Å². The number of alkyl halides is 1. The van der Waals surface area contributed by atoms with Gasteiger partial charge in [-0.25, -0.2) is 0 Å². The number of hydrogen-bond acceptors (Lipinski definition) is 3. The molecule has 1 aromatic rings. The maximum absolute atomic E-state index is 11.9. The summed E-state index contributed by atoms with van der Waals surface area (Å²) in [5.41, 5.74) is 0.252. The lowest BCUT2D eigenvalue weighted by Crippen LogP contribution is -2.32. The van der Waals surface area contributed by atoms with Crippen molar-refractivity contribution >= 4 is 21.8 Å². The molecule has 0 aromatic heterocycles. The number of amides is 1. The maximum atomic E-state index is 11.9. The summed E-state index contributed by atoms with van der Waals surface area (Å²) in [7, 11) is 0. The molecule has 19 heavy (non-hydrogen) atoms. The smallest absolute Gasteiger partial charge is 0.251 e. The Kier molecular flexibility index (Phi) is 6.15. The van der Waals surface area contributed by atoms with E-state index in [4.69, 9.17) is 0 Å². The highest BCUT2D eigenvalue weighted by Gasteiger charge is 2.17. The fourth-order valence-corrected chi connectivity index (χ4v) is 2.89. The summed E-state index contributed by atoms with van der Waals surface area (Å²) < 4.78 is 0. The van der Waals surface area contributed by atoms with E-state index in [1.807, 2.05) is 0 Å². The summed E-state index contributed by atoms with van der Waals surface area (Å²) in [5, 5.41) is 21.5. The molecule has 5 heteroatoms. The van der Waals surface area contributed by atoms with Crippen molar-refractivity contribution in [2.75, 3.05) is 6.54 Å². The normalized spacial score (nSPS) is 12.4. The first kappa shape index (κ1) is 15.8. The van der Waals surface area contributed by atoms with Crippen molar-refractivity contribution < 1.29 is 15.0 Å². The van der Waals surface area contributed by atoms with Crippen LogP contribution >= 0.6 is 15.9 Å². The molecule has 0 spiro atoms. The molecular formula is C14H20BrNO3. The third kappa shape index (κ3) is 4.74. The summed E-state index contributed by atoms with van der Waals surface area (Å²) >= 11 is 3.58. The number of carbonyl (C=O) groups excluding carboxylic acids is 1. The molecule has 0 radical (unpaired) electrons. The highest BCUT2D eigenvalue weighted by Crippen LogP contribution is 2.21. The first-order chi connectivity index (χ1) is 8.97. The van der Waals surface area contributed by atoms with Gasteiger partial charge in [0, 0.05) is 23.0 Å². The van der Waals surface area contributed by atoms with E-state index in [1.54, 1.807) is 0 Å². The second kappa shape index (κ2) is 7.38. The maximum Gasteiger partial charge on any atom is 0.251 e. The quantitative estimate of drug-likeness (QED) is 0.702. The molecule has 3 N–H and O–H groups in total. The number of phenolic OH excluding ortho intramolecular Hbond substituents is 2. The molecule has 0 saturated heterocycles. The van der Waals surface area contributed by atoms with Gasteiger partial charge in [0.2, 0.25) is 0 Å². The number of phenols is 2. The zero-order chi connectivity index (χ0) is 14.4. The van der Waals surface area contributed by atoms with Crippen molar-refractivity contribution in [2.24, 2.45) is 5.92 Å². The van der Waals surface area contributed by atoms with Crippen molar-refractivity contribution in [3.63, 3.8) is 0 Å². The topological polar surface area (TPSA) is 69.6 Å². The van der Waals surface area contributed by atoms with Gasteiger partial charge < -0.3 is 15.5 Å². The average Bonchev–Trinajstić information content (AvgIpc) is 2.36. The number of benzene rings is 1. The third-order valence-corrected chi connectivity index (χ3v) is 4.25. The van der Waals surface area contributed by atoms with Gasteiger partial charge in [-0.2, -0.15) is 0 Å². The van der Waals surface area contributed by atoms with Crippen LogP contribution in [0.15, 0.2) is 18.2 Å². The molecule has 0 heterocycles. The Balaban J connectivity index is 2.60. The number of rotatable bonds is 6. The minimum Gasteiger partial charge on any atom is -0.508 e. The second-order valence-corrected chi connectivity index (χ2v) is 5.72. The van der Waals surface area contributed by atoms with E-state index >= 15 is 0 Å². The fourth-order valence-electron chi connectivity index (χ4n) is 1.99. The molecule has 0 saturated carbocycles. The SMILES string of the molecule is CCC(CC)C(Br)CNC(=O)c1cc(O)cc(O)c1. The number of halogens is 1. The third-order valence-electron chi connectivity index (χ3n) is 3.18. The minimum atomic E-state index is -0.304. The number of nitrogens with one attached hydrogen (secondary N) is 1. The van der Waals surface area contributed by atoms with E-state index < -0.39 is 0 Å². The molecule has 0 fully saturated rings. The summed E-state index contributed by atoms with van der Waals surface area (Å²) in [5.74, 6) is -0.0412. The molecule has 1 unspecified atom stereocenters. The van der Waals surface area contributed by atoms with Crippen LogP contribution < -0.4 is 5.32 Å². The molecule has 1 aromatic carbocycles. The van der Waals surface area contributed by atoms with Crippen LogP contribution in [0.1, 0.15) is 37.0 Å². The van der Waals surface area contributed by atoms with Crippen LogP contribution in [0.4, 0.5) is 0 Å². The molecule has 1 atom stereocenters.